The van der Waals surface area contributed by atoms with Gasteiger partial charge in [0.05, 0.1) is 4.92 Å². The molecule has 0 aliphatic carbocycles. The van der Waals surface area contributed by atoms with Crippen LogP contribution in [0.25, 0.3) is 0 Å². The van der Waals surface area contributed by atoms with Crippen molar-refractivity contribution in [3.05, 3.63) is 57.8 Å². The summed E-state index contributed by atoms with van der Waals surface area (Å²) in [7, 11) is 0. The molecule has 5 heteroatoms. The highest BCUT2D eigenvalue weighted by Crippen LogP contribution is 2.25. The lowest BCUT2D eigenvalue weighted by molar-refractivity contribution is -0.385. The van der Waals surface area contributed by atoms with Crippen LogP contribution >= 0.6 is 0 Å². The van der Waals surface area contributed by atoms with E-state index in [1.807, 2.05) is 24.3 Å². The summed E-state index contributed by atoms with van der Waals surface area (Å²) >= 11 is 0. The lowest BCUT2D eigenvalue weighted by atomic mass is 10.2. The van der Waals surface area contributed by atoms with E-state index in [1.54, 1.807) is 6.92 Å². The average Bonchev–Trinajstić information content (AvgIpc) is 2.41. The summed E-state index contributed by atoms with van der Waals surface area (Å²) in [6.07, 6.45) is 2.12. The molecule has 0 saturated carbocycles. The van der Waals surface area contributed by atoms with E-state index < -0.39 is 4.92 Å². The predicted molar refractivity (Wildman–Crippen MR) is 71.5 cm³/mol. The second-order valence-electron chi connectivity index (χ2n) is 4.18. The molecule has 2 rings (SSSR count). The van der Waals surface area contributed by atoms with Crippen LogP contribution in [0.1, 0.15) is 18.1 Å². The molecule has 0 radical (unpaired) electrons. The van der Waals surface area contributed by atoms with Crippen molar-refractivity contribution in [2.75, 3.05) is 0 Å². The third kappa shape index (κ3) is 3.07. The maximum Gasteiger partial charge on any atom is 0.288 e. The van der Waals surface area contributed by atoms with Crippen LogP contribution in [0.5, 0.6) is 11.6 Å². The molecule has 0 N–H and O–H groups in total. The van der Waals surface area contributed by atoms with Gasteiger partial charge in [-0.05, 0) is 31.0 Å². The van der Waals surface area contributed by atoms with Gasteiger partial charge in [-0.25, -0.2) is 4.98 Å². The Morgan fingerprint density at radius 3 is 2.79 bits per heavy atom. The molecule has 0 saturated heterocycles. The minimum absolute atomic E-state index is 0.0350. The van der Waals surface area contributed by atoms with E-state index in [-0.39, 0.29) is 5.69 Å². The van der Waals surface area contributed by atoms with Crippen molar-refractivity contribution >= 4 is 5.69 Å². The maximum absolute atomic E-state index is 10.6. The number of benzene rings is 1. The number of nitro groups is 1. The van der Waals surface area contributed by atoms with Crippen molar-refractivity contribution in [2.24, 2.45) is 0 Å². The van der Waals surface area contributed by atoms with Gasteiger partial charge in [-0.1, -0.05) is 19.1 Å². The number of aryl methyl sites for hydroxylation is 2. The van der Waals surface area contributed by atoms with Gasteiger partial charge in [-0.15, -0.1) is 0 Å². The van der Waals surface area contributed by atoms with E-state index in [1.165, 1.54) is 12.3 Å². The maximum atomic E-state index is 10.6. The molecule has 0 unspecified atom stereocenters. The first-order valence-electron chi connectivity index (χ1n) is 5.98. The summed E-state index contributed by atoms with van der Waals surface area (Å²) < 4.78 is 5.65. The first-order valence-corrected chi connectivity index (χ1v) is 5.98. The molecular formula is C14H14N2O3. The highest BCUT2D eigenvalue weighted by molar-refractivity contribution is 5.39. The fourth-order valence-corrected chi connectivity index (χ4v) is 1.69. The van der Waals surface area contributed by atoms with Gasteiger partial charge in [0, 0.05) is 11.6 Å². The van der Waals surface area contributed by atoms with Crippen LogP contribution in [-0.2, 0) is 6.42 Å². The molecule has 0 spiro atoms. The Balaban J connectivity index is 2.25. The molecule has 0 atom stereocenters. The summed E-state index contributed by atoms with van der Waals surface area (Å²) in [6.45, 7) is 3.80. The van der Waals surface area contributed by atoms with Gasteiger partial charge in [0.2, 0.25) is 5.88 Å². The number of hydrogen-bond donors (Lipinski definition) is 0. The number of hydrogen-bond acceptors (Lipinski definition) is 4. The Labute approximate surface area is 111 Å². The molecule has 0 fully saturated rings. The fraction of sp³-hybridized carbons (Fsp3) is 0.214. The topological polar surface area (TPSA) is 65.3 Å². The zero-order valence-corrected chi connectivity index (χ0v) is 10.8. The second kappa shape index (κ2) is 5.48. The fourth-order valence-electron chi connectivity index (χ4n) is 1.69. The largest absolute Gasteiger partial charge is 0.439 e. The zero-order valence-electron chi connectivity index (χ0n) is 10.8. The summed E-state index contributed by atoms with van der Waals surface area (Å²) in [4.78, 5) is 14.1. The number of nitrogens with zero attached hydrogens (tertiary/aromatic N) is 2. The molecule has 2 aromatic rings. The van der Waals surface area contributed by atoms with Crippen LogP contribution in [0.4, 0.5) is 5.69 Å². The first kappa shape index (κ1) is 13.0. The van der Waals surface area contributed by atoms with E-state index in [4.69, 9.17) is 4.74 Å². The minimum Gasteiger partial charge on any atom is -0.439 e. The zero-order chi connectivity index (χ0) is 13.8. The molecule has 0 bridgehead atoms. The highest BCUT2D eigenvalue weighted by Gasteiger charge is 2.11. The van der Waals surface area contributed by atoms with Crippen LogP contribution in [0.3, 0.4) is 0 Å². The van der Waals surface area contributed by atoms with E-state index in [9.17, 15) is 10.1 Å². The standard InChI is InChI=1S/C14H14N2O3/c1-3-11-5-4-6-13(8-11)19-14-10(2)7-12(9-15-14)16(17)18/h4-9H,3H2,1-2H3. The Morgan fingerprint density at radius 2 is 2.16 bits per heavy atom. The van der Waals surface area contributed by atoms with E-state index in [0.29, 0.717) is 17.2 Å². The van der Waals surface area contributed by atoms with Crippen molar-refractivity contribution in [3.8, 4) is 11.6 Å². The Hall–Kier alpha value is -2.43. The van der Waals surface area contributed by atoms with Crippen molar-refractivity contribution < 1.29 is 9.66 Å². The average molecular weight is 258 g/mol. The van der Waals surface area contributed by atoms with Crippen LogP contribution < -0.4 is 4.74 Å². The Kier molecular flexibility index (Phi) is 3.75. The van der Waals surface area contributed by atoms with Crippen LogP contribution in [0.2, 0.25) is 0 Å². The third-order valence-corrected chi connectivity index (χ3v) is 2.75. The second-order valence-corrected chi connectivity index (χ2v) is 4.18. The van der Waals surface area contributed by atoms with Gasteiger partial charge in [0.15, 0.2) is 0 Å². The van der Waals surface area contributed by atoms with Crippen LogP contribution in [0.15, 0.2) is 36.5 Å². The molecule has 0 aliphatic rings. The first-order chi connectivity index (χ1) is 9.10. The van der Waals surface area contributed by atoms with Gasteiger partial charge in [0.25, 0.3) is 5.69 Å². The predicted octanol–water partition coefficient (Wildman–Crippen LogP) is 3.65. The number of rotatable bonds is 4. The molecule has 1 aromatic carbocycles. The minimum atomic E-state index is -0.471. The normalized spacial score (nSPS) is 10.2. The molecule has 0 amide bonds. The van der Waals surface area contributed by atoms with Gasteiger partial charge in [-0.3, -0.25) is 10.1 Å². The molecule has 98 valence electrons. The van der Waals surface area contributed by atoms with Gasteiger partial charge < -0.3 is 4.74 Å². The van der Waals surface area contributed by atoms with Crippen molar-refractivity contribution in [2.45, 2.75) is 20.3 Å². The number of pyridine rings is 1. The van der Waals surface area contributed by atoms with E-state index >= 15 is 0 Å². The van der Waals surface area contributed by atoms with Gasteiger partial charge >= 0.3 is 0 Å². The molecule has 5 nitrogen and oxygen atoms in total. The third-order valence-electron chi connectivity index (χ3n) is 2.75. The number of ether oxygens (including phenoxy) is 1. The monoisotopic (exact) mass is 258 g/mol. The Bertz CT molecular complexity index is 611. The summed E-state index contributed by atoms with van der Waals surface area (Å²) in [5.41, 5.74) is 1.76. The van der Waals surface area contributed by atoms with Crippen molar-refractivity contribution in [1.82, 2.24) is 4.98 Å². The van der Waals surface area contributed by atoms with Crippen molar-refractivity contribution in [3.63, 3.8) is 0 Å². The molecule has 0 aliphatic heterocycles. The summed E-state index contributed by atoms with van der Waals surface area (Å²) in [5, 5.41) is 10.6. The van der Waals surface area contributed by atoms with E-state index in [2.05, 4.69) is 11.9 Å². The number of aromatic nitrogens is 1. The highest BCUT2D eigenvalue weighted by atomic mass is 16.6. The lowest BCUT2D eigenvalue weighted by Crippen LogP contribution is -1.95. The van der Waals surface area contributed by atoms with Gasteiger partial charge in [-0.2, -0.15) is 0 Å². The quantitative estimate of drug-likeness (QED) is 0.620. The summed E-state index contributed by atoms with van der Waals surface area (Å²) in [5.74, 6) is 1.07. The Morgan fingerprint density at radius 1 is 1.37 bits per heavy atom. The summed E-state index contributed by atoms with van der Waals surface area (Å²) in [6, 6.07) is 9.15. The van der Waals surface area contributed by atoms with Gasteiger partial charge in [0.1, 0.15) is 11.9 Å². The molecule has 1 aromatic heterocycles. The lowest BCUT2D eigenvalue weighted by Gasteiger charge is -2.08. The molecule has 1 heterocycles. The van der Waals surface area contributed by atoms with Crippen LogP contribution in [-0.4, -0.2) is 9.91 Å². The smallest absolute Gasteiger partial charge is 0.288 e. The molecule has 19 heavy (non-hydrogen) atoms. The SMILES string of the molecule is CCc1cccc(Oc2ncc([N+](=O)[O-])cc2C)c1. The van der Waals surface area contributed by atoms with E-state index in [0.717, 1.165) is 12.0 Å². The van der Waals surface area contributed by atoms with Crippen LogP contribution in [0, 0.1) is 17.0 Å². The molecular weight excluding hydrogens is 244 g/mol. The van der Waals surface area contributed by atoms with Crippen molar-refractivity contribution in [1.29, 1.82) is 0 Å².